The van der Waals surface area contributed by atoms with Crippen molar-refractivity contribution in [1.82, 2.24) is 0 Å². The van der Waals surface area contributed by atoms with E-state index in [1.165, 1.54) is 0 Å². The molecule has 0 heterocycles. The summed E-state index contributed by atoms with van der Waals surface area (Å²) in [4.78, 5) is 11.5. The van der Waals surface area contributed by atoms with Crippen LogP contribution in [0.2, 0.25) is 0 Å². The SMILES string of the molecule is O=C1CCCC[C@H]1Nc1ccccc1. The van der Waals surface area contributed by atoms with Crippen molar-refractivity contribution in [2.45, 2.75) is 31.7 Å². The van der Waals surface area contributed by atoms with Crippen LogP contribution in [-0.4, -0.2) is 11.8 Å². The van der Waals surface area contributed by atoms with E-state index in [0.717, 1.165) is 31.4 Å². The Labute approximate surface area is 84.3 Å². The molecule has 14 heavy (non-hydrogen) atoms. The van der Waals surface area contributed by atoms with E-state index in [9.17, 15) is 4.79 Å². The highest BCUT2D eigenvalue weighted by Gasteiger charge is 2.21. The lowest BCUT2D eigenvalue weighted by Gasteiger charge is -2.22. The molecule has 2 heteroatoms. The lowest BCUT2D eigenvalue weighted by Crippen LogP contribution is -2.32. The number of hydrogen-bond donors (Lipinski definition) is 1. The van der Waals surface area contributed by atoms with Gasteiger partial charge in [-0.1, -0.05) is 24.6 Å². The van der Waals surface area contributed by atoms with Crippen LogP contribution < -0.4 is 5.32 Å². The van der Waals surface area contributed by atoms with Gasteiger partial charge in [0.15, 0.2) is 5.78 Å². The van der Waals surface area contributed by atoms with Crippen LogP contribution in [0.1, 0.15) is 25.7 Å². The smallest absolute Gasteiger partial charge is 0.155 e. The molecule has 0 amide bonds. The first kappa shape index (κ1) is 9.25. The number of para-hydroxylation sites is 1. The molecular weight excluding hydrogens is 174 g/mol. The number of Topliss-reactive ketones (excluding diaryl/α,β-unsaturated/α-hetero) is 1. The Kier molecular flexibility index (Phi) is 2.82. The summed E-state index contributed by atoms with van der Waals surface area (Å²) < 4.78 is 0. The summed E-state index contributed by atoms with van der Waals surface area (Å²) in [6.45, 7) is 0. The number of ketones is 1. The highest BCUT2D eigenvalue weighted by molar-refractivity contribution is 5.87. The summed E-state index contributed by atoms with van der Waals surface area (Å²) in [7, 11) is 0. The number of hydrogen-bond acceptors (Lipinski definition) is 2. The summed E-state index contributed by atoms with van der Waals surface area (Å²) in [6.07, 6.45) is 3.94. The molecule has 1 aliphatic carbocycles. The highest BCUT2D eigenvalue weighted by atomic mass is 16.1. The van der Waals surface area contributed by atoms with Crippen LogP contribution in [0.5, 0.6) is 0 Å². The molecule has 1 aromatic rings. The van der Waals surface area contributed by atoms with Crippen molar-refractivity contribution < 1.29 is 4.79 Å². The van der Waals surface area contributed by atoms with Crippen LogP contribution in [-0.2, 0) is 4.79 Å². The molecular formula is C12H15NO. The number of anilines is 1. The van der Waals surface area contributed by atoms with Gasteiger partial charge in [0.2, 0.25) is 0 Å². The van der Waals surface area contributed by atoms with E-state index in [0.29, 0.717) is 5.78 Å². The van der Waals surface area contributed by atoms with Crippen molar-refractivity contribution in [1.29, 1.82) is 0 Å². The topological polar surface area (TPSA) is 29.1 Å². The maximum Gasteiger partial charge on any atom is 0.155 e. The second-order valence-corrected chi connectivity index (χ2v) is 3.78. The van der Waals surface area contributed by atoms with Crippen molar-refractivity contribution in [3.8, 4) is 0 Å². The van der Waals surface area contributed by atoms with Crippen LogP contribution in [0.3, 0.4) is 0 Å². The fourth-order valence-electron chi connectivity index (χ4n) is 1.87. The van der Waals surface area contributed by atoms with E-state index in [1.54, 1.807) is 0 Å². The van der Waals surface area contributed by atoms with Crippen molar-refractivity contribution in [2.75, 3.05) is 5.32 Å². The van der Waals surface area contributed by atoms with E-state index < -0.39 is 0 Å². The van der Waals surface area contributed by atoms with Gasteiger partial charge >= 0.3 is 0 Å². The Balaban J connectivity index is 2.00. The van der Waals surface area contributed by atoms with Crippen molar-refractivity contribution >= 4 is 11.5 Å². The Morgan fingerprint density at radius 3 is 2.64 bits per heavy atom. The molecule has 1 N–H and O–H groups in total. The number of benzene rings is 1. The molecule has 1 aliphatic rings. The molecule has 0 bridgehead atoms. The predicted molar refractivity (Wildman–Crippen MR) is 57.3 cm³/mol. The Bertz CT molecular complexity index is 307. The van der Waals surface area contributed by atoms with Gasteiger partial charge in [0.25, 0.3) is 0 Å². The summed E-state index contributed by atoms with van der Waals surface area (Å²) in [5.41, 5.74) is 1.05. The summed E-state index contributed by atoms with van der Waals surface area (Å²) in [6, 6.07) is 9.99. The van der Waals surface area contributed by atoms with Crippen molar-refractivity contribution in [2.24, 2.45) is 0 Å². The zero-order valence-electron chi connectivity index (χ0n) is 8.20. The number of carbonyl (C=O) groups is 1. The van der Waals surface area contributed by atoms with E-state index in [-0.39, 0.29) is 6.04 Å². The third kappa shape index (κ3) is 2.13. The van der Waals surface area contributed by atoms with Crippen molar-refractivity contribution in [3.63, 3.8) is 0 Å². The third-order valence-corrected chi connectivity index (χ3v) is 2.67. The summed E-state index contributed by atoms with van der Waals surface area (Å²) in [5, 5.41) is 3.28. The van der Waals surface area contributed by atoms with Crippen LogP contribution in [0, 0.1) is 0 Å². The van der Waals surface area contributed by atoms with Gasteiger partial charge in [-0.05, 0) is 25.0 Å². The minimum Gasteiger partial charge on any atom is -0.375 e. The summed E-state index contributed by atoms with van der Waals surface area (Å²) in [5.74, 6) is 0.361. The van der Waals surface area contributed by atoms with E-state index in [1.807, 2.05) is 30.3 Å². The summed E-state index contributed by atoms with van der Waals surface area (Å²) >= 11 is 0. The van der Waals surface area contributed by atoms with Gasteiger partial charge in [0.05, 0.1) is 6.04 Å². The normalized spacial score (nSPS) is 22.0. The molecule has 1 atom stereocenters. The highest BCUT2D eigenvalue weighted by Crippen LogP contribution is 2.18. The van der Waals surface area contributed by atoms with Crippen LogP contribution in [0.25, 0.3) is 0 Å². The second kappa shape index (κ2) is 4.27. The molecule has 0 unspecified atom stereocenters. The Hall–Kier alpha value is -1.31. The lowest BCUT2D eigenvalue weighted by atomic mass is 9.94. The largest absolute Gasteiger partial charge is 0.375 e. The van der Waals surface area contributed by atoms with E-state index >= 15 is 0 Å². The first-order chi connectivity index (χ1) is 6.86. The predicted octanol–water partition coefficient (Wildman–Crippen LogP) is 2.61. The van der Waals surface area contributed by atoms with Crippen LogP contribution in [0.4, 0.5) is 5.69 Å². The van der Waals surface area contributed by atoms with Crippen LogP contribution in [0.15, 0.2) is 30.3 Å². The molecule has 0 radical (unpaired) electrons. The zero-order chi connectivity index (χ0) is 9.80. The zero-order valence-corrected chi connectivity index (χ0v) is 8.20. The molecule has 0 aromatic heterocycles. The van der Waals surface area contributed by atoms with Crippen molar-refractivity contribution in [3.05, 3.63) is 30.3 Å². The van der Waals surface area contributed by atoms with Gasteiger partial charge in [-0.3, -0.25) is 4.79 Å². The van der Waals surface area contributed by atoms with Gasteiger partial charge in [-0.2, -0.15) is 0 Å². The second-order valence-electron chi connectivity index (χ2n) is 3.78. The van der Waals surface area contributed by atoms with Crippen LogP contribution >= 0.6 is 0 Å². The monoisotopic (exact) mass is 189 g/mol. The Morgan fingerprint density at radius 1 is 1.14 bits per heavy atom. The number of rotatable bonds is 2. The molecule has 0 spiro atoms. The quantitative estimate of drug-likeness (QED) is 0.774. The average molecular weight is 189 g/mol. The third-order valence-electron chi connectivity index (χ3n) is 2.67. The standard InChI is InChI=1S/C12H15NO/c14-12-9-5-4-8-11(12)13-10-6-2-1-3-7-10/h1-3,6-7,11,13H,4-5,8-9H2/t11-/m1/s1. The number of carbonyl (C=O) groups excluding carboxylic acids is 1. The lowest BCUT2D eigenvalue weighted by molar-refractivity contribution is -0.121. The fourth-order valence-corrected chi connectivity index (χ4v) is 1.87. The molecule has 2 nitrogen and oxygen atoms in total. The first-order valence-corrected chi connectivity index (χ1v) is 5.20. The first-order valence-electron chi connectivity index (χ1n) is 5.20. The molecule has 1 fully saturated rings. The average Bonchev–Trinajstić information content (AvgIpc) is 2.23. The van der Waals surface area contributed by atoms with E-state index in [4.69, 9.17) is 0 Å². The Morgan fingerprint density at radius 2 is 1.93 bits per heavy atom. The van der Waals surface area contributed by atoms with E-state index in [2.05, 4.69) is 5.32 Å². The van der Waals surface area contributed by atoms with Gasteiger partial charge in [-0.25, -0.2) is 0 Å². The molecule has 0 aliphatic heterocycles. The molecule has 1 aromatic carbocycles. The maximum atomic E-state index is 11.5. The molecule has 74 valence electrons. The van der Waals surface area contributed by atoms with Gasteiger partial charge in [0, 0.05) is 12.1 Å². The van der Waals surface area contributed by atoms with Gasteiger partial charge in [0.1, 0.15) is 0 Å². The minimum absolute atomic E-state index is 0.0474. The minimum atomic E-state index is 0.0474. The fraction of sp³-hybridized carbons (Fsp3) is 0.417. The van der Waals surface area contributed by atoms with Gasteiger partial charge in [-0.15, -0.1) is 0 Å². The molecule has 1 saturated carbocycles. The van der Waals surface area contributed by atoms with Gasteiger partial charge < -0.3 is 5.32 Å². The maximum absolute atomic E-state index is 11.5. The molecule has 2 rings (SSSR count). The number of nitrogens with one attached hydrogen (secondary N) is 1. The molecule has 0 saturated heterocycles.